The van der Waals surface area contributed by atoms with Crippen LogP contribution in [0.3, 0.4) is 0 Å². The number of unbranched alkanes of at least 4 members (excludes halogenated alkanes) is 5. The van der Waals surface area contributed by atoms with Gasteiger partial charge in [-0.2, -0.15) is 0 Å². The standard InChI is InChI=1S/C22H35F5OS/c1-2-3-4-5-6-7-18-28-21-14-10-19(11-15-21)8-9-20-12-16-22(17-13-20)29(23,24,25,26)27/h12-13,16-17,19,21H,2-11,14-15,18H2,1H3. The number of hydrogen-bond donors (Lipinski definition) is 0. The highest BCUT2D eigenvalue weighted by atomic mass is 32.5. The Morgan fingerprint density at radius 3 is 2.00 bits per heavy atom. The van der Waals surface area contributed by atoms with Crippen LogP contribution >= 0.6 is 10.2 Å². The number of aryl methyl sites for hydroxylation is 1. The summed E-state index contributed by atoms with van der Waals surface area (Å²) in [5.41, 5.74) is 0.678. The van der Waals surface area contributed by atoms with E-state index in [1.54, 1.807) is 0 Å². The van der Waals surface area contributed by atoms with Gasteiger partial charge in [0.05, 0.1) is 6.10 Å². The van der Waals surface area contributed by atoms with Crippen LogP contribution < -0.4 is 0 Å². The van der Waals surface area contributed by atoms with E-state index in [0.717, 1.165) is 45.1 Å². The van der Waals surface area contributed by atoms with E-state index in [0.29, 0.717) is 36.1 Å². The zero-order valence-corrected chi connectivity index (χ0v) is 18.2. The first-order chi connectivity index (χ1) is 13.5. The largest absolute Gasteiger partial charge is 0.378 e. The topological polar surface area (TPSA) is 9.23 Å². The number of rotatable bonds is 12. The third-order valence-electron chi connectivity index (χ3n) is 5.86. The summed E-state index contributed by atoms with van der Waals surface area (Å²) in [7, 11) is -9.56. The van der Waals surface area contributed by atoms with Crippen molar-refractivity contribution in [2.45, 2.75) is 95.0 Å². The van der Waals surface area contributed by atoms with Gasteiger partial charge in [0.25, 0.3) is 0 Å². The van der Waals surface area contributed by atoms with E-state index in [9.17, 15) is 19.4 Å². The molecule has 1 fully saturated rings. The van der Waals surface area contributed by atoms with Gasteiger partial charge in [-0.25, -0.2) is 0 Å². The van der Waals surface area contributed by atoms with Crippen LogP contribution in [0.15, 0.2) is 29.2 Å². The molecule has 1 aromatic carbocycles. The average molecular weight is 443 g/mol. The van der Waals surface area contributed by atoms with Gasteiger partial charge in [-0.15, -0.1) is 0 Å². The van der Waals surface area contributed by atoms with Crippen LogP contribution in [-0.4, -0.2) is 12.7 Å². The minimum Gasteiger partial charge on any atom is -0.378 e. The molecule has 0 unspecified atom stereocenters. The van der Waals surface area contributed by atoms with Gasteiger partial charge in [0.2, 0.25) is 0 Å². The Balaban J connectivity index is 1.63. The van der Waals surface area contributed by atoms with Crippen LogP contribution in [0.1, 0.15) is 83.1 Å². The summed E-state index contributed by atoms with van der Waals surface area (Å²) in [6.45, 7) is 3.05. The monoisotopic (exact) mass is 442 g/mol. The van der Waals surface area contributed by atoms with Gasteiger partial charge in [0, 0.05) is 6.61 Å². The fourth-order valence-electron chi connectivity index (χ4n) is 4.00. The Morgan fingerprint density at radius 2 is 1.41 bits per heavy atom. The van der Waals surface area contributed by atoms with Crippen molar-refractivity contribution in [1.29, 1.82) is 0 Å². The van der Waals surface area contributed by atoms with Crippen molar-refractivity contribution in [3.63, 3.8) is 0 Å². The number of halogens is 5. The predicted octanol–water partition coefficient (Wildman–Crippen LogP) is 9.21. The smallest absolute Gasteiger partial charge is 0.310 e. The summed E-state index contributed by atoms with van der Waals surface area (Å²) in [4.78, 5) is -1.81. The third kappa shape index (κ3) is 9.24. The second-order valence-electron chi connectivity index (χ2n) is 8.43. The molecule has 1 aliphatic carbocycles. The first-order valence-corrected chi connectivity index (χ1v) is 12.9. The third-order valence-corrected chi connectivity index (χ3v) is 7.02. The maximum absolute atomic E-state index is 12.8. The van der Waals surface area contributed by atoms with Crippen molar-refractivity contribution < 1.29 is 24.2 Å². The van der Waals surface area contributed by atoms with Crippen LogP contribution in [-0.2, 0) is 11.2 Å². The maximum Gasteiger partial charge on any atom is 0.310 e. The zero-order chi connectivity index (χ0) is 21.4. The Labute approximate surface area is 172 Å². The van der Waals surface area contributed by atoms with Crippen molar-refractivity contribution in [1.82, 2.24) is 0 Å². The van der Waals surface area contributed by atoms with Crippen LogP contribution in [0.2, 0.25) is 0 Å². The molecule has 29 heavy (non-hydrogen) atoms. The molecular formula is C22H35F5OS. The highest BCUT2D eigenvalue weighted by molar-refractivity contribution is 8.45. The van der Waals surface area contributed by atoms with Gasteiger partial charge >= 0.3 is 10.2 Å². The molecular weight excluding hydrogens is 407 g/mol. The highest BCUT2D eigenvalue weighted by Gasteiger charge is 2.65. The summed E-state index contributed by atoms with van der Waals surface area (Å²) in [6, 6.07) is 3.40. The molecule has 170 valence electrons. The van der Waals surface area contributed by atoms with Crippen LogP contribution in [0.5, 0.6) is 0 Å². The van der Waals surface area contributed by atoms with Crippen LogP contribution in [0.25, 0.3) is 0 Å². The minimum absolute atomic E-state index is 0.332. The average Bonchev–Trinajstić information content (AvgIpc) is 2.65. The van der Waals surface area contributed by atoms with Crippen LogP contribution in [0, 0.1) is 5.92 Å². The second kappa shape index (κ2) is 9.54. The van der Waals surface area contributed by atoms with E-state index >= 15 is 0 Å². The molecule has 0 amide bonds. The minimum atomic E-state index is -9.56. The quantitative estimate of drug-likeness (QED) is 0.231. The number of benzene rings is 1. The molecule has 2 rings (SSSR count). The summed E-state index contributed by atoms with van der Waals surface area (Å²) in [6.07, 6.45) is 13.5. The van der Waals surface area contributed by atoms with Gasteiger partial charge in [-0.3, -0.25) is 0 Å². The fourth-order valence-corrected chi connectivity index (χ4v) is 4.65. The van der Waals surface area contributed by atoms with Crippen molar-refractivity contribution in [3.8, 4) is 0 Å². The molecule has 0 radical (unpaired) electrons. The van der Waals surface area contributed by atoms with E-state index in [4.69, 9.17) is 4.74 Å². The van der Waals surface area contributed by atoms with E-state index < -0.39 is 15.1 Å². The van der Waals surface area contributed by atoms with E-state index in [2.05, 4.69) is 6.92 Å². The maximum atomic E-state index is 12.8. The van der Waals surface area contributed by atoms with E-state index in [-0.39, 0.29) is 0 Å². The lowest BCUT2D eigenvalue weighted by Gasteiger charge is -2.40. The van der Waals surface area contributed by atoms with E-state index in [1.807, 2.05) is 0 Å². The molecule has 1 aromatic rings. The molecule has 7 heteroatoms. The van der Waals surface area contributed by atoms with E-state index in [1.165, 1.54) is 44.2 Å². The Morgan fingerprint density at radius 1 is 0.828 bits per heavy atom. The lowest BCUT2D eigenvalue weighted by molar-refractivity contribution is 0.0153. The second-order valence-corrected chi connectivity index (χ2v) is 10.8. The fraction of sp³-hybridized carbons (Fsp3) is 0.727. The van der Waals surface area contributed by atoms with Gasteiger partial charge in [0.15, 0.2) is 0 Å². The first kappa shape index (κ1) is 24.4. The van der Waals surface area contributed by atoms with Gasteiger partial charge in [-0.1, -0.05) is 70.6 Å². The first-order valence-electron chi connectivity index (χ1n) is 10.9. The molecule has 0 aliphatic heterocycles. The zero-order valence-electron chi connectivity index (χ0n) is 17.4. The molecule has 1 aliphatic rings. The predicted molar refractivity (Wildman–Crippen MR) is 111 cm³/mol. The van der Waals surface area contributed by atoms with Gasteiger partial charge in [-0.05, 0) is 68.6 Å². The SMILES string of the molecule is CCCCCCCCOC1CCC(CCc2ccc(S(F)(F)(F)(F)F)cc2)CC1. The molecule has 0 heterocycles. The molecule has 1 saturated carbocycles. The van der Waals surface area contributed by atoms with Crippen molar-refractivity contribution in [2.75, 3.05) is 6.61 Å². The number of hydrogen-bond acceptors (Lipinski definition) is 1. The number of ether oxygens (including phenoxy) is 1. The van der Waals surface area contributed by atoms with Crippen molar-refractivity contribution in [3.05, 3.63) is 29.8 Å². The summed E-state index contributed by atoms with van der Waals surface area (Å²) >= 11 is 0. The molecule has 0 N–H and O–H groups in total. The molecule has 1 nitrogen and oxygen atoms in total. The molecule has 0 saturated heterocycles. The van der Waals surface area contributed by atoms with Crippen LogP contribution in [0.4, 0.5) is 19.4 Å². The lowest BCUT2D eigenvalue weighted by atomic mass is 9.84. The Bertz CT molecular complexity index is 606. The summed E-state index contributed by atoms with van der Waals surface area (Å²) < 4.78 is 69.8. The summed E-state index contributed by atoms with van der Waals surface area (Å²) in [5, 5.41) is 0. The molecule has 0 atom stereocenters. The molecule has 0 aromatic heterocycles. The van der Waals surface area contributed by atoms with Crippen molar-refractivity contribution in [2.24, 2.45) is 5.92 Å². The Kier molecular flexibility index (Phi) is 8.05. The molecule has 0 bridgehead atoms. The molecule has 0 spiro atoms. The van der Waals surface area contributed by atoms with Gasteiger partial charge in [0.1, 0.15) is 4.90 Å². The summed E-state index contributed by atoms with van der Waals surface area (Å²) in [5.74, 6) is 0.527. The lowest BCUT2D eigenvalue weighted by Crippen LogP contribution is -2.22. The highest BCUT2D eigenvalue weighted by Crippen LogP contribution is 3.02. The normalized spacial score (nSPS) is 22.8. The van der Waals surface area contributed by atoms with Gasteiger partial charge < -0.3 is 4.74 Å². The van der Waals surface area contributed by atoms with Crippen molar-refractivity contribution >= 4 is 10.2 Å². The Hall–Kier alpha value is -0.820.